The summed E-state index contributed by atoms with van der Waals surface area (Å²) in [7, 11) is 0. The fourth-order valence-corrected chi connectivity index (χ4v) is 8.49. The van der Waals surface area contributed by atoms with Crippen LogP contribution in [0.4, 0.5) is 0 Å². The molecule has 2 aromatic rings. The number of piperidine rings is 1. The monoisotopic (exact) mass is 695 g/mol. The van der Waals surface area contributed by atoms with E-state index in [9.17, 15) is 46.0 Å². The first kappa shape index (κ1) is 35.9. The Bertz CT molecular complexity index is 1580. The molecule has 1 unspecified atom stereocenters. The van der Waals surface area contributed by atoms with Crippen LogP contribution in [0.1, 0.15) is 60.8 Å². The van der Waals surface area contributed by atoms with Crippen molar-refractivity contribution in [3.63, 3.8) is 0 Å². The van der Waals surface area contributed by atoms with Gasteiger partial charge in [0.25, 0.3) is 0 Å². The predicted octanol–water partition coefficient (Wildman–Crippen LogP) is -0.864. The summed E-state index contributed by atoms with van der Waals surface area (Å²) >= 11 is 0. The molecule has 12 nitrogen and oxygen atoms in total. The standard InChI is InChI=1S/C38H49NO11/c40-16-11-29-33(44)35(46)31(42)27(49-29)9-3-20-1-7-23-24-8-2-21(4-10-28-32(43)36(47)34(45)30(19-41)50-28)18-26(24)38(25(23)17-20)12-14-39(15-13-38)37(48)22-5-6-22/h1-2,7-8,17-18,22,27-37,40-48H,3,5-6,9,11-16,19H2/t27-,28-,29-,30-,31-,32-,33-,34-,35-,36-,37?/m1/s1. The van der Waals surface area contributed by atoms with Crippen molar-refractivity contribution in [3.05, 3.63) is 58.7 Å². The molecule has 0 amide bonds. The SMILES string of the molecule is OCC[C@H]1O[C@H](CCc2ccc3c(c2)C2(CCN(C(O)C4CC4)CC2)c2cc(C#C[C@H]4O[C@H](CO)[C@@H](O)[C@H](O)[C@@H]4O)ccc2-3)[C@@H](O)[C@@H](O)[C@@H]1O. The average Bonchev–Trinajstić information content (AvgIpc) is 3.96. The van der Waals surface area contributed by atoms with Crippen LogP contribution in [0, 0.1) is 17.8 Å². The maximum absolute atomic E-state index is 11.0. The largest absolute Gasteiger partial charge is 0.396 e. The van der Waals surface area contributed by atoms with E-state index < -0.39 is 73.9 Å². The number of hydrogen-bond donors (Lipinski definition) is 9. The number of aliphatic hydroxyl groups is 9. The van der Waals surface area contributed by atoms with Crippen molar-refractivity contribution in [2.45, 2.75) is 118 Å². The van der Waals surface area contributed by atoms with E-state index in [2.05, 4.69) is 41.0 Å². The molecule has 9 N–H and O–H groups in total. The lowest BCUT2D eigenvalue weighted by Gasteiger charge is -2.43. The van der Waals surface area contributed by atoms with Gasteiger partial charge in [0.15, 0.2) is 0 Å². The summed E-state index contributed by atoms with van der Waals surface area (Å²) in [6.07, 6.45) is -7.59. The van der Waals surface area contributed by atoms with Crippen molar-refractivity contribution in [2.75, 3.05) is 26.3 Å². The van der Waals surface area contributed by atoms with Gasteiger partial charge in [0.2, 0.25) is 0 Å². The third-order valence-electron chi connectivity index (χ3n) is 11.7. The van der Waals surface area contributed by atoms with Crippen LogP contribution in [-0.4, -0.2) is 144 Å². The number of fused-ring (bicyclic) bond motifs is 5. The van der Waals surface area contributed by atoms with Crippen molar-refractivity contribution in [3.8, 4) is 23.0 Å². The fourth-order valence-electron chi connectivity index (χ4n) is 8.49. The molecule has 12 heteroatoms. The van der Waals surface area contributed by atoms with Gasteiger partial charge in [0.05, 0.1) is 18.8 Å². The van der Waals surface area contributed by atoms with Crippen LogP contribution in [0.15, 0.2) is 36.4 Å². The lowest BCUT2D eigenvalue weighted by atomic mass is 9.70. The van der Waals surface area contributed by atoms with Crippen LogP contribution < -0.4 is 0 Å². The van der Waals surface area contributed by atoms with Gasteiger partial charge in [-0.3, -0.25) is 4.90 Å². The minimum Gasteiger partial charge on any atom is -0.396 e. The topological polar surface area (TPSA) is 204 Å². The zero-order chi connectivity index (χ0) is 35.3. The minimum absolute atomic E-state index is 0.155. The second kappa shape index (κ2) is 14.5. The van der Waals surface area contributed by atoms with Crippen LogP contribution in [-0.2, 0) is 21.3 Å². The molecule has 2 aromatic carbocycles. The first-order valence-electron chi connectivity index (χ1n) is 17.9. The molecule has 11 atom stereocenters. The molecule has 3 saturated heterocycles. The van der Waals surface area contributed by atoms with Crippen molar-refractivity contribution >= 4 is 0 Å². The van der Waals surface area contributed by atoms with E-state index in [0.29, 0.717) is 24.3 Å². The minimum atomic E-state index is -1.50. The Labute approximate surface area is 291 Å². The smallest absolute Gasteiger partial charge is 0.147 e. The molecule has 3 aliphatic heterocycles. The molecule has 0 bridgehead atoms. The number of nitrogens with zero attached hydrogens (tertiary/aromatic N) is 1. The van der Waals surface area contributed by atoms with E-state index >= 15 is 0 Å². The quantitative estimate of drug-likeness (QED) is 0.155. The number of rotatable bonds is 8. The zero-order valence-corrected chi connectivity index (χ0v) is 28.0. The van der Waals surface area contributed by atoms with Gasteiger partial charge in [-0.1, -0.05) is 36.1 Å². The summed E-state index contributed by atoms with van der Waals surface area (Å²) in [5.41, 5.74) is 5.89. The van der Waals surface area contributed by atoms with E-state index in [1.807, 2.05) is 12.1 Å². The van der Waals surface area contributed by atoms with Crippen LogP contribution >= 0.6 is 0 Å². The van der Waals surface area contributed by atoms with Gasteiger partial charge in [-0.25, -0.2) is 0 Å². The fraction of sp³-hybridized carbons (Fsp3) is 0.632. The van der Waals surface area contributed by atoms with Gasteiger partial charge in [0.1, 0.15) is 55.1 Å². The van der Waals surface area contributed by atoms with Crippen LogP contribution in [0.2, 0.25) is 0 Å². The van der Waals surface area contributed by atoms with Crippen LogP contribution in [0.3, 0.4) is 0 Å². The number of aliphatic hydroxyl groups excluding tert-OH is 9. The van der Waals surface area contributed by atoms with Gasteiger partial charge in [-0.05, 0) is 90.8 Å². The summed E-state index contributed by atoms with van der Waals surface area (Å²) in [5.74, 6) is 6.32. The molecule has 1 spiro atoms. The maximum atomic E-state index is 11.0. The van der Waals surface area contributed by atoms with Gasteiger partial charge < -0.3 is 55.4 Å². The Morgan fingerprint density at radius 3 is 2.02 bits per heavy atom. The molecule has 272 valence electrons. The summed E-state index contributed by atoms with van der Waals surface area (Å²) in [4.78, 5) is 2.18. The second-order valence-corrected chi connectivity index (χ2v) is 14.8. The predicted molar refractivity (Wildman–Crippen MR) is 180 cm³/mol. The third kappa shape index (κ3) is 6.53. The molecule has 7 rings (SSSR count). The highest BCUT2D eigenvalue weighted by Crippen LogP contribution is 2.55. The van der Waals surface area contributed by atoms with Crippen molar-refractivity contribution < 1.29 is 55.4 Å². The first-order chi connectivity index (χ1) is 24.1. The van der Waals surface area contributed by atoms with E-state index in [0.717, 1.165) is 61.0 Å². The number of likely N-dealkylation sites (tertiary alicyclic amines) is 1. The Morgan fingerprint density at radius 1 is 0.740 bits per heavy atom. The molecule has 2 aliphatic carbocycles. The number of benzene rings is 2. The average molecular weight is 696 g/mol. The van der Waals surface area contributed by atoms with Crippen molar-refractivity contribution in [1.29, 1.82) is 0 Å². The lowest BCUT2D eigenvalue weighted by molar-refractivity contribution is -0.225. The van der Waals surface area contributed by atoms with Crippen LogP contribution in [0.25, 0.3) is 11.1 Å². The molecule has 4 fully saturated rings. The molecule has 50 heavy (non-hydrogen) atoms. The van der Waals surface area contributed by atoms with E-state index in [1.54, 1.807) is 0 Å². The normalized spacial score (nSPS) is 35.6. The second-order valence-electron chi connectivity index (χ2n) is 14.8. The Balaban J connectivity index is 1.16. The number of ether oxygens (including phenoxy) is 2. The Hall–Kier alpha value is -2.48. The molecule has 0 radical (unpaired) electrons. The number of hydrogen-bond acceptors (Lipinski definition) is 12. The molecule has 0 aromatic heterocycles. The molecule has 1 saturated carbocycles. The van der Waals surface area contributed by atoms with Gasteiger partial charge >= 0.3 is 0 Å². The van der Waals surface area contributed by atoms with E-state index in [1.165, 1.54) is 5.56 Å². The van der Waals surface area contributed by atoms with Gasteiger partial charge in [0, 0.05) is 30.7 Å². The van der Waals surface area contributed by atoms with Gasteiger partial charge in [-0.2, -0.15) is 0 Å². The highest BCUT2D eigenvalue weighted by atomic mass is 16.5. The summed E-state index contributed by atoms with van der Waals surface area (Å²) in [6.45, 7) is 0.702. The Morgan fingerprint density at radius 2 is 1.36 bits per heavy atom. The highest BCUT2D eigenvalue weighted by molar-refractivity contribution is 5.82. The van der Waals surface area contributed by atoms with E-state index in [-0.39, 0.29) is 18.4 Å². The molecule has 5 aliphatic rings. The first-order valence-corrected chi connectivity index (χ1v) is 17.9. The molecular formula is C38H49NO11. The van der Waals surface area contributed by atoms with Crippen molar-refractivity contribution in [2.24, 2.45) is 5.92 Å². The highest BCUT2D eigenvalue weighted by Gasteiger charge is 2.48. The molecular weight excluding hydrogens is 646 g/mol. The summed E-state index contributed by atoms with van der Waals surface area (Å²) in [6, 6.07) is 12.4. The number of aryl methyl sites for hydroxylation is 1. The van der Waals surface area contributed by atoms with Crippen molar-refractivity contribution in [1.82, 2.24) is 4.90 Å². The summed E-state index contributed by atoms with van der Waals surface area (Å²) in [5, 5.41) is 92.3. The zero-order valence-electron chi connectivity index (χ0n) is 28.0. The third-order valence-corrected chi connectivity index (χ3v) is 11.7. The summed E-state index contributed by atoms with van der Waals surface area (Å²) < 4.78 is 11.5. The lowest BCUT2D eigenvalue weighted by Crippen LogP contribution is -2.58. The van der Waals surface area contributed by atoms with E-state index in [4.69, 9.17) is 9.47 Å². The van der Waals surface area contributed by atoms with Gasteiger partial charge in [-0.15, -0.1) is 0 Å². The maximum Gasteiger partial charge on any atom is 0.147 e. The Kier molecular flexibility index (Phi) is 10.4. The van der Waals surface area contributed by atoms with Crippen LogP contribution in [0.5, 0.6) is 0 Å². The molecule has 3 heterocycles.